The molecule has 1 saturated carbocycles. The first kappa shape index (κ1) is 14.5. The topological polar surface area (TPSA) is 55.4 Å². The lowest BCUT2D eigenvalue weighted by Gasteiger charge is -2.10. The van der Waals surface area contributed by atoms with Crippen molar-refractivity contribution in [1.29, 1.82) is 0 Å². The molecule has 0 bridgehead atoms. The van der Waals surface area contributed by atoms with E-state index < -0.39 is 5.91 Å². The number of nitrogens with one attached hydrogen (secondary N) is 1. The Morgan fingerprint density at radius 1 is 1.35 bits per heavy atom. The maximum Gasteiger partial charge on any atom is 0.309 e. The minimum absolute atomic E-state index is 0.0698. The van der Waals surface area contributed by atoms with Crippen LogP contribution in [-0.4, -0.2) is 18.5 Å². The second-order valence-electron chi connectivity index (χ2n) is 5.10. The highest BCUT2D eigenvalue weighted by molar-refractivity contribution is 5.92. The Labute approximate surface area is 117 Å². The van der Waals surface area contributed by atoms with E-state index in [1.807, 2.05) is 0 Å². The molecule has 20 heavy (non-hydrogen) atoms. The van der Waals surface area contributed by atoms with Gasteiger partial charge in [-0.25, -0.2) is 4.39 Å². The van der Waals surface area contributed by atoms with Gasteiger partial charge in [0.1, 0.15) is 5.82 Å². The lowest BCUT2D eigenvalue weighted by Crippen LogP contribution is -2.23. The summed E-state index contributed by atoms with van der Waals surface area (Å²) < 4.78 is 18.3. The third-order valence-corrected chi connectivity index (χ3v) is 3.49. The van der Waals surface area contributed by atoms with Gasteiger partial charge in [-0.2, -0.15) is 0 Å². The molecule has 2 rings (SSSR count). The van der Waals surface area contributed by atoms with Gasteiger partial charge in [-0.1, -0.05) is 18.9 Å². The largest absolute Gasteiger partial charge is 0.455 e. The molecule has 0 heterocycles. The van der Waals surface area contributed by atoms with Crippen LogP contribution in [0.5, 0.6) is 0 Å². The molecule has 5 heteroatoms. The smallest absolute Gasteiger partial charge is 0.309 e. The minimum Gasteiger partial charge on any atom is -0.455 e. The lowest BCUT2D eigenvalue weighted by atomic mass is 10.1. The number of amides is 1. The second-order valence-corrected chi connectivity index (χ2v) is 5.10. The molecule has 0 aromatic heterocycles. The van der Waals surface area contributed by atoms with Gasteiger partial charge in [0.15, 0.2) is 6.61 Å². The van der Waals surface area contributed by atoms with Crippen LogP contribution in [0, 0.1) is 18.7 Å². The molecule has 1 aliphatic rings. The molecule has 1 aliphatic carbocycles. The van der Waals surface area contributed by atoms with Gasteiger partial charge in [0, 0.05) is 5.69 Å². The molecule has 4 nitrogen and oxygen atoms in total. The van der Waals surface area contributed by atoms with Crippen LogP contribution in [-0.2, 0) is 14.3 Å². The minimum atomic E-state index is -0.459. The Hall–Kier alpha value is -1.91. The van der Waals surface area contributed by atoms with Crippen molar-refractivity contribution >= 4 is 17.6 Å². The third kappa shape index (κ3) is 3.79. The second kappa shape index (κ2) is 6.50. The summed E-state index contributed by atoms with van der Waals surface area (Å²) >= 11 is 0. The number of aryl methyl sites for hydroxylation is 1. The van der Waals surface area contributed by atoms with E-state index in [2.05, 4.69) is 5.32 Å². The van der Waals surface area contributed by atoms with E-state index in [9.17, 15) is 14.0 Å². The fourth-order valence-corrected chi connectivity index (χ4v) is 2.28. The van der Waals surface area contributed by atoms with Crippen molar-refractivity contribution in [3.63, 3.8) is 0 Å². The highest BCUT2D eigenvalue weighted by atomic mass is 19.1. The Bertz CT molecular complexity index is 510. The molecule has 0 unspecified atom stereocenters. The van der Waals surface area contributed by atoms with Crippen molar-refractivity contribution in [2.75, 3.05) is 11.9 Å². The zero-order valence-corrected chi connectivity index (χ0v) is 11.4. The number of hydrogen-bond donors (Lipinski definition) is 1. The van der Waals surface area contributed by atoms with Crippen molar-refractivity contribution in [2.45, 2.75) is 32.6 Å². The Kier molecular flexibility index (Phi) is 4.71. The van der Waals surface area contributed by atoms with Crippen LogP contribution < -0.4 is 5.32 Å². The molecule has 0 saturated heterocycles. The molecular formula is C15H18FNO3. The van der Waals surface area contributed by atoms with Crippen molar-refractivity contribution in [3.05, 3.63) is 29.6 Å². The van der Waals surface area contributed by atoms with Crippen LogP contribution in [0.15, 0.2) is 18.2 Å². The fraction of sp³-hybridized carbons (Fsp3) is 0.467. The van der Waals surface area contributed by atoms with Crippen LogP contribution in [0.3, 0.4) is 0 Å². The number of carbonyl (C=O) groups is 2. The number of rotatable bonds is 4. The predicted octanol–water partition coefficient (Wildman–Crippen LogP) is 2.81. The summed E-state index contributed by atoms with van der Waals surface area (Å²) in [4.78, 5) is 23.3. The van der Waals surface area contributed by atoms with Gasteiger partial charge in [0.05, 0.1) is 5.92 Å². The molecule has 0 aliphatic heterocycles. The number of halogens is 1. The summed E-state index contributed by atoms with van der Waals surface area (Å²) in [5.41, 5.74) is 0.866. The van der Waals surface area contributed by atoms with Gasteiger partial charge in [-0.05, 0) is 37.5 Å². The van der Waals surface area contributed by atoms with E-state index in [1.54, 1.807) is 19.1 Å². The first-order chi connectivity index (χ1) is 9.56. The van der Waals surface area contributed by atoms with Crippen molar-refractivity contribution in [2.24, 2.45) is 5.92 Å². The summed E-state index contributed by atoms with van der Waals surface area (Å²) in [5, 5.41) is 2.50. The zero-order chi connectivity index (χ0) is 14.5. The molecule has 1 amide bonds. The van der Waals surface area contributed by atoms with Crippen LogP contribution in [0.1, 0.15) is 31.2 Å². The Balaban J connectivity index is 1.80. The van der Waals surface area contributed by atoms with Crippen molar-refractivity contribution in [1.82, 2.24) is 0 Å². The summed E-state index contributed by atoms with van der Waals surface area (Å²) in [6.07, 6.45) is 3.75. The summed E-state index contributed by atoms with van der Waals surface area (Å²) in [7, 11) is 0. The number of carbonyl (C=O) groups excluding carboxylic acids is 2. The van der Waals surface area contributed by atoms with Gasteiger partial charge >= 0.3 is 5.97 Å². The van der Waals surface area contributed by atoms with E-state index in [4.69, 9.17) is 4.74 Å². The van der Waals surface area contributed by atoms with Crippen molar-refractivity contribution < 1.29 is 18.7 Å². The molecule has 1 N–H and O–H groups in total. The highest BCUT2D eigenvalue weighted by Crippen LogP contribution is 2.25. The zero-order valence-electron chi connectivity index (χ0n) is 11.4. The molecule has 0 radical (unpaired) electrons. The van der Waals surface area contributed by atoms with E-state index in [0.29, 0.717) is 11.3 Å². The molecule has 1 aromatic carbocycles. The maximum atomic E-state index is 13.3. The maximum absolute atomic E-state index is 13.3. The van der Waals surface area contributed by atoms with E-state index in [0.717, 1.165) is 25.7 Å². The van der Waals surface area contributed by atoms with Crippen LogP contribution in [0.4, 0.5) is 10.1 Å². The average molecular weight is 279 g/mol. The summed E-state index contributed by atoms with van der Waals surface area (Å²) in [6, 6.07) is 4.43. The van der Waals surface area contributed by atoms with E-state index in [-0.39, 0.29) is 24.3 Å². The highest BCUT2D eigenvalue weighted by Gasteiger charge is 2.24. The number of hydrogen-bond acceptors (Lipinski definition) is 3. The predicted molar refractivity (Wildman–Crippen MR) is 72.7 cm³/mol. The van der Waals surface area contributed by atoms with Gasteiger partial charge < -0.3 is 10.1 Å². The SMILES string of the molecule is Cc1ccc(NC(=O)COC(=O)C2CCCC2)cc1F. The number of ether oxygens (including phenoxy) is 1. The fourth-order valence-electron chi connectivity index (χ4n) is 2.28. The number of benzene rings is 1. The lowest BCUT2D eigenvalue weighted by molar-refractivity contribution is -0.151. The monoisotopic (exact) mass is 279 g/mol. The quantitative estimate of drug-likeness (QED) is 0.862. The first-order valence-corrected chi connectivity index (χ1v) is 6.79. The van der Waals surface area contributed by atoms with E-state index >= 15 is 0 Å². The molecule has 108 valence electrons. The molecule has 1 fully saturated rings. The normalized spacial score (nSPS) is 15.1. The van der Waals surface area contributed by atoms with Crippen molar-refractivity contribution in [3.8, 4) is 0 Å². The average Bonchev–Trinajstić information content (AvgIpc) is 2.94. The number of anilines is 1. The molecule has 0 spiro atoms. The summed E-state index contributed by atoms with van der Waals surface area (Å²) in [5.74, 6) is -1.22. The number of esters is 1. The molecule has 0 atom stereocenters. The van der Waals surface area contributed by atoms with Gasteiger partial charge in [-0.15, -0.1) is 0 Å². The van der Waals surface area contributed by atoms with Crippen LogP contribution >= 0.6 is 0 Å². The van der Waals surface area contributed by atoms with Gasteiger partial charge in [0.2, 0.25) is 0 Å². The molecular weight excluding hydrogens is 261 g/mol. The first-order valence-electron chi connectivity index (χ1n) is 6.79. The molecule has 1 aromatic rings. The van der Waals surface area contributed by atoms with E-state index in [1.165, 1.54) is 6.07 Å². The Morgan fingerprint density at radius 3 is 2.70 bits per heavy atom. The standard InChI is InChI=1S/C15H18FNO3/c1-10-6-7-12(8-13(10)16)17-14(18)9-20-15(19)11-4-2-3-5-11/h6-8,11H,2-5,9H2,1H3,(H,17,18). The van der Waals surface area contributed by atoms with Crippen LogP contribution in [0.25, 0.3) is 0 Å². The third-order valence-electron chi connectivity index (χ3n) is 3.49. The van der Waals surface area contributed by atoms with Gasteiger partial charge in [-0.3, -0.25) is 9.59 Å². The Morgan fingerprint density at radius 2 is 2.05 bits per heavy atom. The van der Waals surface area contributed by atoms with Gasteiger partial charge in [0.25, 0.3) is 5.91 Å². The summed E-state index contributed by atoms with van der Waals surface area (Å²) in [6.45, 7) is 1.31. The van der Waals surface area contributed by atoms with Crippen LogP contribution in [0.2, 0.25) is 0 Å².